The van der Waals surface area contributed by atoms with E-state index in [2.05, 4.69) is 5.32 Å². The summed E-state index contributed by atoms with van der Waals surface area (Å²) in [5.41, 5.74) is 0.875. The van der Waals surface area contributed by atoms with E-state index >= 15 is 0 Å². The van der Waals surface area contributed by atoms with Gasteiger partial charge in [-0.25, -0.2) is 8.42 Å². The number of nitrogens with one attached hydrogen (secondary N) is 1. The van der Waals surface area contributed by atoms with Crippen LogP contribution in [0.15, 0.2) is 24.3 Å². The lowest BCUT2D eigenvalue weighted by molar-refractivity contribution is 0.0760. The zero-order chi connectivity index (χ0) is 16.6. The first-order chi connectivity index (χ1) is 10.9. The van der Waals surface area contributed by atoms with Gasteiger partial charge in [-0.05, 0) is 38.0 Å². The number of carbonyl (C=O) groups excluding carboxylic acids is 2. The van der Waals surface area contributed by atoms with Crippen molar-refractivity contribution in [1.82, 2.24) is 10.2 Å². The predicted octanol–water partition coefficient (Wildman–Crippen LogP) is 0.838. The van der Waals surface area contributed by atoms with Crippen LogP contribution >= 0.6 is 0 Å². The minimum atomic E-state index is -3.10. The Morgan fingerprint density at radius 2 is 1.91 bits per heavy atom. The molecule has 1 saturated carbocycles. The van der Waals surface area contributed by atoms with Crippen molar-refractivity contribution in [2.75, 3.05) is 18.8 Å². The first-order valence-electron chi connectivity index (χ1n) is 7.78. The van der Waals surface area contributed by atoms with Gasteiger partial charge in [0, 0.05) is 30.3 Å². The van der Waals surface area contributed by atoms with E-state index in [4.69, 9.17) is 0 Å². The highest BCUT2D eigenvalue weighted by atomic mass is 32.2. The van der Waals surface area contributed by atoms with Crippen LogP contribution in [0, 0.1) is 0 Å². The summed E-state index contributed by atoms with van der Waals surface area (Å²) in [5.74, 6) is -0.411. The van der Waals surface area contributed by atoms with Crippen LogP contribution in [0.3, 0.4) is 0 Å². The summed E-state index contributed by atoms with van der Waals surface area (Å²) in [4.78, 5) is 26.2. The molecule has 1 heterocycles. The van der Waals surface area contributed by atoms with E-state index in [9.17, 15) is 18.0 Å². The molecule has 0 radical (unpaired) electrons. The van der Waals surface area contributed by atoms with Gasteiger partial charge in [0.1, 0.15) is 0 Å². The Balaban J connectivity index is 1.73. The lowest BCUT2D eigenvalue weighted by atomic mass is 10.1. The molecule has 0 unspecified atom stereocenters. The van der Waals surface area contributed by atoms with Crippen molar-refractivity contribution in [2.24, 2.45) is 0 Å². The summed E-state index contributed by atoms with van der Waals surface area (Å²) in [6, 6.07) is 6.85. The first kappa shape index (κ1) is 16.0. The Labute approximate surface area is 135 Å². The molecular weight excluding hydrogens is 316 g/mol. The van der Waals surface area contributed by atoms with Gasteiger partial charge in [-0.1, -0.05) is 6.07 Å². The molecule has 0 bridgehead atoms. The molecule has 1 saturated heterocycles. The van der Waals surface area contributed by atoms with Gasteiger partial charge in [0.05, 0.1) is 11.0 Å². The predicted molar refractivity (Wildman–Crippen MR) is 86.1 cm³/mol. The van der Waals surface area contributed by atoms with E-state index in [1.807, 2.05) is 0 Å². The van der Waals surface area contributed by atoms with Gasteiger partial charge in [0.2, 0.25) is 0 Å². The van der Waals surface area contributed by atoms with Crippen molar-refractivity contribution in [3.8, 4) is 0 Å². The molecule has 1 atom stereocenters. The molecule has 2 amide bonds. The van der Waals surface area contributed by atoms with Gasteiger partial charge < -0.3 is 10.2 Å². The number of hydrogen-bond donors (Lipinski definition) is 1. The minimum absolute atomic E-state index is 0.0121. The summed E-state index contributed by atoms with van der Waals surface area (Å²) in [6.07, 6.45) is 2.01. The third-order valence-electron chi connectivity index (χ3n) is 4.31. The second-order valence-corrected chi connectivity index (χ2v) is 8.80. The van der Waals surface area contributed by atoms with Crippen LogP contribution in [0.5, 0.6) is 0 Å². The molecular formula is C16H20N2O4S. The number of nitrogens with zero attached hydrogens (tertiary/aromatic N) is 1. The number of hydrogen-bond acceptors (Lipinski definition) is 4. The molecule has 23 heavy (non-hydrogen) atoms. The summed E-state index contributed by atoms with van der Waals surface area (Å²) >= 11 is 0. The van der Waals surface area contributed by atoms with Gasteiger partial charge in [0.25, 0.3) is 11.8 Å². The maximum absolute atomic E-state index is 12.6. The standard InChI is InChI=1S/C16H20N2O4S/c1-11-10-18(7-8-23(11,21)22)16(20)13-4-2-3-12(9-13)15(19)17-14-5-6-14/h2-4,9,11,14H,5-8,10H2,1H3,(H,17,19)/t11-/m0/s1. The van der Waals surface area contributed by atoms with Crippen molar-refractivity contribution in [2.45, 2.75) is 31.1 Å². The molecule has 1 N–H and O–H groups in total. The molecule has 1 aromatic carbocycles. The Bertz CT molecular complexity index is 740. The van der Waals surface area contributed by atoms with Gasteiger partial charge in [0.15, 0.2) is 9.84 Å². The molecule has 1 aromatic rings. The van der Waals surface area contributed by atoms with Crippen molar-refractivity contribution >= 4 is 21.7 Å². The van der Waals surface area contributed by atoms with E-state index in [1.54, 1.807) is 36.1 Å². The quantitative estimate of drug-likeness (QED) is 0.886. The smallest absolute Gasteiger partial charge is 0.253 e. The Hall–Kier alpha value is -1.89. The molecule has 1 aliphatic heterocycles. The van der Waals surface area contributed by atoms with Crippen LogP contribution in [0.1, 0.15) is 40.5 Å². The number of benzene rings is 1. The van der Waals surface area contributed by atoms with E-state index in [0.29, 0.717) is 11.1 Å². The molecule has 3 rings (SSSR count). The van der Waals surface area contributed by atoms with Crippen LogP contribution in [-0.2, 0) is 9.84 Å². The number of rotatable bonds is 3. The second-order valence-electron chi connectivity index (χ2n) is 6.26. The van der Waals surface area contributed by atoms with Crippen molar-refractivity contribution in [3.05, 3.63) is 35.4 Å². The average molecular weight is 336 g/mol. The number of carbonyl (C=O) groups is 2. The fourth-order valence-electron chi connectivity index (χ4n) is 2.61. The molecule has 2 aliphatic rings. The number of sulfone groups is 1. The molecule has 0 spiro atoms. The van der Waals surface area contributed by atoms with Crippen molar-refractivity contribution in [1.29, 1.82) is 0 Å². The fourth-order valence-corrected chi connectivity index (χ4v) is 3.90. The lowest BCUT2D eigenvalue weighted by Gasteiger charge is -2.31. The zero-order valence-corrected chi connectivity index (χ0v) is 13.8. The third-order valence-corrected chi connectivity index (χ3v) is 6.43. The Morgan fingerprint density at radius 1 is 1.22 bits per heavy atom. The topological polar surface area (TPSA) is 83.6 Å². The maximum atomic E-state index is 12.6. The third kappa shape index (κ3) is 3.55. The Morgan fingerprint density at radius 3 is 2.57 bits per heavy atom. The summed E-state index contributed by atoms with van der Waals surface area (Å²) in [6.45, 7) is 2.01. The first-order valence-corrected chi connectivity index (χ1v) is 9.50. The van der Waals surface area contributed by atoms with Crippen LogP contribution in [-0.4, -0.2) is 55.3 Å². The zero-order valence-electron chi connectivity index (χ0n) is 13.0. The molecule has 2 fully saturated rings. The van der Waals surface area contributed by atoms with Gasteiger partial charge in [-0.15, -0.1) is 0 Å². The monoisotopic (exact) mass is 336 g/mol. The Kier molecular flexibility index (Phi) is 4.14. The van der Waals surface area contributed by atoms with Crippen LogP contribution < -0.4 is 5.32 Å². The van der Waals surface area contributed by atoms with Gasteiger partial charge >= 0.3 is 0 Å². The van der Waals surface area contributed by atoms with Gasteiger partial charge in [-0.2, -0.15) is 0 Å². The molecule has 7 heteroatoms. The second kappa shape index (κ2) is 5.96. The molecule has 6 nitrogen and oxygen atoms in total. The molecule has 124 valence electrons. The van der Waals surface area contributed by atoms with E-state index in [0.717, 1.165) is 12.8 Å². The van der Waals surface area contributed by atoms with E-state index in [-0.39, 0.29) is 36.7 Å². The van der Waals surface area contributed by atoms with Crippen molar-refractivity contribution < 1.29 is 18.0 Å². The van der Waals surface area contributed by atoms with Crippen LogP contribution in [0.2, 0.25) is 0 Å². The normalized spacial score (nSPS) is 23.3. The lowest BCUT2D eigenvalue weighted by Crippen LogP contribution is -2.48. The van der Waals surface area contributed by atoms with E-state index in [1.165, 1.54) is 0 Å². The van der Waals surface area contributed by atoms with Crippen molar-refractivity contribution in [3.63, 3.8) is 0 Å². The number of amides is 2. The maximum Gasteiger partial charge on any atom is 0.253 e. The fraction of sp³-hybridized carbons (Fsp3) is 0.500. The summed E-state index contributed by atoms with van der Waals surface area (Å²) < 4.78 is 23.5. The van der Waals surface area contributed by atoms with Crippen LogP contribution in [0.25, 0.3) is 0 Å². The van der Waals surface area contributed by atoms with Crippen LogP contribution in [0.4, 0.5) is 0 Å². The average Bonchev–Trinajstić information content (AvgIpc) is 3.33. The van der Waals surface area contributed by atoms with E-state index < -0.39 is 15.1 Å². The van der Waals surface area contributed by atoms with Gasteiger partial charge in [-0.3, -0.25) is 9.59 Å². The minimum Gasteiger partial charge on any atom is -0.349 e. The molecule has 1 aliphatic carbocycles. The highest BCUT2D eigenvalue weighted by Gasteiger charge is 2.32. The molecule has 0 aromatic heterocycles. The SMILES string of the molecule is C[C@H]1CN(C(=O)c2cccc(C(=O)NC3CC3)c2)CCS1(=O)=O. The highest BCUT2D eigenvalue weighted by molar-refractivity contribution is 7.92. The largest absolute Gasteiger partial charge is 0.349 e. The summed E-state index contributed by atoms with van der Waals surface area (Å²) in [7, 11) is -3.10. The highest BCUT2D eigenvalue weighted by Crippen LogP contribution is 2.20. The summed E-state index contributed by atoms with van der Waals surface area (Å²) in [5, 5.41) is 2.34.